The molecule has 0 aliphatic heterocycles. The van der Waals surface area contributed by atoms with E-state index in [1.54, 1.807) is 12.1 Å². The summed E-state index contributed by atoms with van der Waals surface area (Å²) >= 11 is 4.80. The van der Waals surface area contributed by atoms with Gasteiger partial charge in [0.15, 0.2) is 10.5 Å². The van der Waals surface area contributed by atoms with E-state index in [9.17, 15) is 4.39 Å². The topological polar surface area (TPSA) is 37.9 Å². The van der Waals surface area contributed by atoms with Gasteiger partial charge in [-0.15, -0.1) is 0 Å². The number of aromatic nitrogens is 2. The smallest absolute Gasteiger partial charge is 0.184 e. The first-order valence-corrected chi connectivity index (χ1v) is 5.60. The number of halogens is 1. The maximum atomic E-state index is 13.9. The van der Waals surface area contributed by atoms with E-state index in [2.05, 4.69) is 9.97 Å². The van der Waals surface area contributed by atoms with Crippen LogP contribution < -0.4 is 4.74 Å². The number of rotatable bonds is 3. The molecule has 88 valence electrons. The molecule has 1 aromatic carbocycles. The predicted octanol–water partition coefficient (Wildman–Crippen LogP) is 3.34. The molecule has 0 unspecified atom stereocenters. The van der Waals surface area contributed by atoms with Gasteiger partial charge in [-0.3, -0.25) is 0 Å². The van der Waals surface area contributed by atoms with Gasteiger partial charge in [-0.05, 0) is 19.1 Å². The van der Waals surface area contributed by atoms with Crippen molar-refractivity contribution in [2.45, 2.75) is 6.92 Å². The molecule has 0 radical (unpaired) electrons. The summed E-state index contributed by atoms with van der Waals surface area (Å²) in [6.45, 7) is 2.40. The van der Waals surface area contributed by atoms with E-state index >= 15 is 0 Å². The van der Waals surface area contributed by atoms with Crippen LogP contribution in [0.5, 0.6) is 5.75 Å². The highest BCUT2D eigenvalue weighted by Gasteiger charge is 2.11. The average Bonchev–Trinajstić information content (AvgIpc) is 2.34. The van der Waals surface area contributed by atoms with E-state index in [4.69, 9.17) is 17.0 Å². The molecule has 0 atom stereocenters. The van der Waals surface area contributed by atoms with E-state index in [1.165, 1.54) is 6.33 Å². The average molecular weight is 250 g/mol. The second-order valence-corrected chi connectivity index (χ2v) is 3.71. The van der Waals surface area contributed by atoms with Crippen molar-refractivity contribution in [1.82, 2.24) is 9.97 Å². The van der Waals surface area contributed by atoms with Gasteiger partial charge in [0, 0.05) is 5.56 Å². The molecule has 0 aliphatic carbocycles. The van der Waals surface area contributed by atoms with Crippen LogP contribution in [0.4, 0.5) is 4.39 Å². The maximum absolute atomic E-state index is 13.9. The van der Waals surface area contributed by atoms with E-state index in [1.807, 2.05) is 19.1 Å². The zero-order chi connectivity index (χ0) is 12.3. The largest absolute Gasteiger partial charge is 0.493 e. The molecular formula is C12H11FN2OS. The Morgan fingerprint density at radius 3 is 2.94 bits per heavy atom. The Morgan fingerprint density at radius 1 is 1.41 bits per heavy atom. The highest BCUT2D eigenvalue weighted by Crippen LogP contribution is 2.29. The van der Waals surface area contributed by atoms with Crippen LogP contribution in [0.2, 0.25) is 0 Å². The monoisotopic (exact) mass is 250 g/mol. The van der Waals surface area contributed by atoms with Crippen molar-refractivity contribution in [3.63, 3.8) is 0 Å². The van der Waals surface area contributed by atoms with Crippen LogP contribution >= 0.6 is 12.2 Å². The van der Waals surface area contributed by atoms with E-state index in [0.29, 0.717) is 23.6 Å². The lowest BCUT2D eigenvalue weighted by atomic mass is 10.1. The summed E-state index contributed by atoms with van der Waals surface area (Å²) in [5.74, 6) is 0.0837. The van der Waals surface area contributed by atoms with Crippen molar-refractivity contribution in [1.29, 1.82) is 0 Å². The standard InChI is InChI=1S/C12H11FN2OS/c1-2-16-9-6-4-3-5-8(9)11-10(13)12(17)15-7-14-11/h3-7H,2H2,1H3,(H,14,15,17). The molecule has 0 spiro atoms. The Morgan fingerprint density at radius 2 is 2.18 bits per heavy atom. The number of para-hydroxylation sites is 1. The van der Waals surface area contributed by atoms with Gasteiger partial charge in [0.2, 0.25) is 0 Å². The van der Waals surface area contributed by atoms with Crippen molar-refractivity contribution in [2.75, 3.05) is 6.61 Å². The molecule has 0 bridgehead atoms. The number of H-pyrrole nitrogens is 1. The van der Waals surface area contributed by atoms with Gasteiger partial charge in [-0.2, -0.15) is 0 Å². The number of nitrogens with zero attached hydrogens (tertiary/aromatic N) is 1. The van der Waals surface area contributed by atoms with Crippen molar-refractivity contribution >= 4 is 12.2 Å². The minimum atomic E-state index is -0.533. The highest BCUT2D eigenvalue weighted by atomic mass is 32.1. The Bertz CT molecular complexity index is 583. The lowest BCUT2D eigenvalue weighted by molar-refractivity contribution is 0.341. The van der Waals surface area contributed by atoms with Crippen LogP contribution in [0.3, 0.4) is 0 Å². The first-order chi connectivity index (χ1) is 8.24. The summed E-state index contributed by atoms with van der Waals surface area (Å²) in [5.41, 5.74) is 0.939. The molecule has 0 aliphatic rings. The molecule has 17 heavy (non-hydrogen) atoms. The lowest BCUT2D eigenvalue weighted by Gasteiger charge is -2.10. The molecule has 2 aromatic rings. The zero-order valence-electron chi connectivity index (χ0n) is 9.24. The molecular weight excluding hydrogens is 239 g/mol. The Kier molecular flexibility index (Phi) is 3.49. The van der Waals surface area contributed by atoms with Crippen molar-refractivity contribution in [3.05, 3.63) is 41.1 Å². The first-order valence-electron chi connectivity index (χ1n) is 5.19. The molecule has 0 amide bonds. The number of nitrogens with one attached hydrogen (secondary N) is 1. The van der Waals surface area contributed by atoms with Gasteiger partial charge in [-0.1, -0.05) is 24.4 Å². The SMILES string of the molecule is CCOc1ccccc1-c1[nH]cnc(=S)c1F. The van der Waals surface area contributed by atoms with Gasteiger partial charge < -0.3 is 9.72 Å². The maximum Gasteiger partial charge on any atom is 0.184 e. The van der Waals surface area contributed by atoms with Gasteiger partial charge >= 0.3 is 0 Å². The molecule has 0 saturated heterocycles. The molecule has 1 heterocycles. The normalized spacial score (nSPS) is 10.2. The van der Waals surface area contributed by atoms with Gasteiger partial charge in [0.1, 0.15) is 5.75 Å². The van der Waals surface area contributed by atoms with E-state index < -0.39 is 5.82 Å². The molecule has 1 aromatic heterocycles. The summed E-state index contributed by atoms with van der Waals surface area (Å²) in [6.07, 6.45) is 1.38. The molecule has 5 heteroatoms. The van der Waals surface area contributed by atoms with Crippen LogP contribution in [0.25, 0.3) is 11.3 Å². The second kappa shape index (κ2) is 5.05. The summed E-state index contributed by atoms with van der Waals surface area (Å²) in [4.78, 5) is 6.44. The van der Waals surface area contributed by atoms with Crippen LogP contribution in [-0.2, 0) is 0 Å². The van der Waals surface area contributed by atoms with Crippen molar-refractivity contribution in [2.24, 2.45) is 0 Å². The number of ether oxygens (including phenoxy) is 1. The summed E-state index contributed by atoms with van der Waals surface area (Å²) < 4.78 is 19.2. The number of hydrogen-bond donors (Lipinski definition) is 1. The minimum absolute atomic E-state index is 0.0509. The molecule has 1 N–H and O–H groups in total. The van der Waals surface area contributed by atoms with Crippen molar-refractivity contribution < 1.29 is 9.13 Å². The van der Waals surface area contributed by atoms with Crippen molar-refractivity contribution in [3.8, 4) is 17.0 Å². The fourth-order valence-corrected chi connectivity index (χ4v) is 1.69. The quantitative estimate of drug-likeness (QED) is 0.849. The molecule has 0 fully saturated rings. The van der Waals surface area contributed by atoms with Gasteiger partial charge in [0.25, 0.3) is 0 Å². The third-order valence-electron chi connectivity index (χ3n) is 2.25. The van der Waals surface area contributed by atoms with Crippen LogP contribution in [-0.4, -0.2) is 16.6 Å². The summed E-state index contributed by atoms with van der Waals surface area (Å²) in [6, 6.07) is 7.21. The van der Waals surface area contributed by atoms with Crippen LogP contribution in [0, 0.1) is 10.5 Å². The Balaban J connectivity index is 2.60. The number of aromatic amines is 1. The van der Waals surface area contributed by atoms with E-state index in [0.717, 1.165) is 0 Å². The fraction of sp³-hybridized carbons (Fsp3) is 0.167. The number of benzene rings is 1. The Labute approximate surface area is 103 Å². The van der Waals surface area contributed by atoms with Crippen LogP contribution in [0.15, 0.2) is 30.6 Å². The summed E-state index contributed by atoms with van der Waals surface area (Å²) in [5, 5.41) is 0. The first kappa shape index (κ1) is 11.7. The third-order valence-corrected chi connectivity index (χ3v) is 2.54. The zero-order valence-corrected chi connectivity index (χ0v) is 10.1. The molecule has 3 nitrogen and oxygen atoms in total. The lowest BCUT2D eigenvalue weighted by Crippen LogP contribution is -1.97. The molecule has 2 rings (SSSR count). The van der Waals surface area contributed by atoms with E-state index in [-0.39, 0.29) is 4.64 Å². The molecule has 0 saturated carbocycles. The highest BCUT2D eigenvalue weighted by molar-refractivity contribution is 7.71. The fourth-order valence-electron chi connectivity index (χ4n) is 1.53. The van der Waals surface area contributed by atoms with Gasteiger partial charge in [0.05, 0.1) is 18.6 Å². The second-order valence-electron chi connectivity index (χ2n) is 3.33. The minimum Gasteiger partial charge on any atom is -0.493 e. The Hall–Kier alpha value is -1.75. The predicted molar refractivity (Wildman–Crippen MR) is 66.0 cm³/mol. The van der Waals surface area contributed by atoms with Gasteiger partial charge in [-0.25, -0.2) is 9.37 Å². The summed E-state index contributed by atoms with van der Waals surface area (Å²) in [7, 11) is 0. The number of hydrogen-bond acceptors (Lipinski definition) is 3. The van der Waals surface area contributed by atoms with Crippen LogP contribution in [0.1, 0.15) is 6.92 Å². The third kappa shape index (κ3) is 2.34.